The van der Waals surface area contributed by atoms with Crippen LogP contribution >= 0.6 is 112 Å². The molecule has 0 aliphatic carbocycles. The van der Waals surface area contributed by atoms with E-state index < -0.39 is 51.8 Å². The molecule has 8 aromatic carbocycles. The number of carbonyl (C=O) groups excluding carboxylic acids is 6. The Bertz CT molecular complexity index is 4330. The molecule has 0 aromatic heterocycles. The van der Waals surface area contributed by atoms with Gasteiger partial charge in [-0.1, -0.05) is 217 Å². The van der Waals surface area contributed by atoms with Gasteiger partial charge < -0.3 is 80.3 Å². The Balaban J connectivity index is -0.000000644. The molecule has 26 nitrogen and oxygen atoms in total. The van der Waals surface area contributed by atoms with E-state index >= 15 is 0 Å². The fourth-order valence-electron chi connectivity index (χ4n) is 8.55. The van der Waals surface area contributed by atoms with Crippen molar-refractivity contribution in [2.24, 2.45) is 5.73 Å². The Morgan fingerprint density at radius 3 is 1.18 bits per heavy atom. The van der Waals surface area contributed by atoms with Gasteiger partial charge in [0.1, 0.15) is 74.1 Å². The van der Waals surface area contributed by atoms with Crippen LogP contribution in [0.1, 0.15) is 89.3 Å². The van der Waals surface area contributed by atoms with Crippen molar-refractivity contribution >= 4 is 157 Å². The summed E-state index contributed by atoms with van der Waals surface area (Å²) >= 11 is 22.7. The number of carbonyl (C=O) groups is 6. The van der Waals surface area contributed by atoms with E-state index in [4.69, 9.17) is 55.8 Å². The minimum atomic E-state index is -4.85. The first-order valence-corrected chi connectivity index (χ1v) is 42.8. The molecule has 8 aromatic rings. The van der Waals surface area contributed by atoms with Crippen LogP contribution in [0.2, 0.25) is 0 Å². The van der Waals surface area contributed by atoms with E-state index in [0.29, 0.717) is 70.3 Å². The zero-order valence-corrected chi connectivity index (χ0v) is 81.0. The van der Waals surface area contributed by atoms with Crippen molar-refractivity contribution in [2.75, 3.05) is 90.7 Å². The number of phenolic OH excluding ortho intramolecular Hbond substituents is 1. The van der Waals surface area contributed by atoms with Crippen molar-refractivity contribution in [3.05, 3.63) is 261 Å². The SMILES string of the molecule is C=CC(O)(CCC)CCC.CCOC(=O)C(F)(F)F.CS(=O)(=O)OCCOc1cccc(Br)c1.N=N.NCCOc1cccc(Br)c1.O.O=C(NCCOc1cccc(Br)c1)C(F)(F)F.O=C1[N-]C(=O)c2ccccc21.O=C1c2ccccc2C(=O)N1CCOc1cccc(Br)c1.OCCBr.OCCOc1cccc(Br)c1.Oc1cccc(Br)c1.[HH].[K+]. The van der Waals surface area contributed by atoms with Gasteiger partial charge in [-0.25, -0.2) is 15.9 Å². The number of nitrogens with two attached hydrogens (primary N) is 1. The van der Waals surface area contributed by atoms with E-state index in [1.807, 2.05) is 91.0 Å². The number of aromatic hydroxyl groups is 1. The summed E-state index contributed by atoms with van der Waals surface area (Å²) in [6.45, 7) is 11.1. The van der Waals surface area contributed by atoms with Crippen LogP contribution in [0.5, 0.6) is 34.5 Å². The standard InChI is InChI=1S/C16H12BrNO3.C10H9BrF3NO2.C9H11BrO4S.C9H18O.C8H10BrNO.C8H9BrO2.C8H5NO2.C6H5BrO.C4H5F3O2.C2H5BrO.K.H2N2.H2O.H2/c17-11-4-3-5-12(10-11)21-9-8-18-15(19)13-6-1-2-7-14(13)16(18)20;11-7-2-1-3-8(6-7)17-5-4-15-9(16)10(12,13)14;1-15(11,12)14-6-5-13-9-4-2-3-8(10)7-9;1-4-7-9(10,6-3)8-5-2;2*9-7-2-1-3-8(6-7)11-5-4-10;10-7-5-3-1-2-4-6(5)8(11)9-7;7-5-2-1-3-6(8)4-5;1-2-9-3(8)4(5,6)7;3-1-2-4;;1-2;;/h1-7,10H,8-9H2;1-3,6H,4-5H2,(H,15,16);2-4,7H,5-6H2,1H3;6,10H,3-5,7-8H2,1-2H3;1-3,6H,4-5,10H2;1-3,6,10H,4-5H2;1-4H,(H,9,10,11);1-4,8H;2H2,1H3;4H,1-2H2;;1-2H;1H2;1H/q;;;;;;;;;;+1;;;/p-1. The molecule has 5 amide bonds. The fourth-order valence-corrected chi connectivity index (χ4v) is 11.2. The minimum Gasteiger partial charge on any atom is -0.587 e. The van der Waals surface area contributed by atoms with Crippen LogP contribution in [0.4, 0.5) is 26.3 Å². The Labute approximate surface area is 801 Å². The van der Waals surface area contributed by atoms with Gasteiger partial charge >= 0.3 is 75.6 Å². The molecule has 2 heterocycles. The maximum atomic E-state index is 12.1. The molecule has 0 radical (unpaired) electrons. The summed E-state index contributed by atoms with van der Waals surface area (Å²) in [4.78, 5) is 67.4. The normalized spacial score (nSPS) is 11.0. The number of phenols is 1. The molecule has 41 heteroatoms. The third kappa shape index (κ3) is 55.4. The minimum absolute atomic E-state index is 0. The molecule has 11 N–H and O–H groups in total. The number of aliphatic hydroxyl groups excluding tert-OH is 2. The van der Waals surface area contributed by atoms with Gasteiger partial charge in [0.05, 0.1) is 67.7 Å². The number of hydrogen-bond acceptors (Lipinski definition) is 22. The summed E-state index contributed by atoms with van der Waals surface area (Å²) in [5.74, 6) is -1.67. The number of nitrogens with zero attached hydrogens (tertiary/aromatic N) is 2. The number of aliphatic hydroxyl groups is 3. The van der Waals surface area contributed by atoms with Gasteiger partial charge in [0.2, 0.25) is 0 Å². The average molecular weight is 2200 g/mol. The topological polar surface area (TPSA) is 417 Å². The molecule has 0 atom stereocenters. The van der Waals surface area contributed by atoms with Crippen molar-refractivity contribution in [3.8, 4) is 34.5 Å². The van der Waals surface area contributed by atoms with Crippen LogP contribution in [0, 0.1) is 11.1 Å². The maximum absolute atomic E-state index is 12.1. The smallest absolute Gasteiger partial charge is 0.587 e. The van der Waals surface area contributed by atoms with Gasteiger partial charge in [-0.05, 0) is 141 Å². The third-order valence-corrected chi connectivity index (χ3v) is 17.4. The molecule has 2 aliphatic heterocycles. The number of rotatable bonds is 26. The Morgan fingerprint density at radius 1 is 0.545 bits per heavy atom. The van der Waals surface area contributed by atoms with Gasteiger partial charge in [-0.15, -0.1) is 6.58 Å². The van der Waals surface area contributed by atoms with Gasteiger partial charge in [0, 0.05) is 51.3 Å². The number of ether oxygens (including phenoxy) is 6. The van der Waals surface area contributed by atoms with E-state index in [-0.39, 0.29) is 129 Å². The van der Waals surface area contributed by atoms with Crippen LogP contribution in [-0.4, -0.2) is 183 Å². The molecule has 121 heavy (non-hydrogen) atoms. The molecule has 0 unspecified atom stereocenters. The fraction of sp³-hybridized carbons (Fsp3) is 0.300. The second-order valence-corrected chi connectivity index (χ2v) is 30.7. The predicted molar refractivity (Wildman–Crippen MR) is 470 cm³/mol. The van der Waals surface area contributed by atoms with E-state index in [2.05, 4.69) is 146 Å². The van der Waals surface area contributed by atoms with E-state index in [1.165, 1.54) is 11.8 Å². The molecular formula is C80H94Br7F6KN6O20S. The quantitative estimate of drug-likeness (QED) is 0.00287. The van der Waals surface area contributed by atoms with Gasteiger partial charge in [-0.3, -0.25) is 23.5 Å². The van der Waals surface area contributed by atoms with Crippen LogP contribution in [-0.2, 0) is 28.6 Å². The molecule has 0 saturated carbocycles. The van der Waals surface area contributed by atoms with Crippen molar-refractivity contribution in [1.29, 1.82) is 11.1 Å². The van der Waals surface area contributed by atoms with Crippen molar-refractivity contribution < 1.29 is 175 Å². The molecule has 0 fully saturated rings. The largest absolute Gasteiger partial charge is 1.00 e. The molecule has 0 saturated heterocycles. The number of benzene rings is 8. The average Bonchev–Trinajstić information content (AvgIpc) is 1.64. The van der Waals surface area contributed by atoms with E-state index in [0.717, 1.165) is 70.3 Å². The molecule has 10 rings (SSSR count). The molecule has 0 bridgehead atoms. The number of esters is 1. The second kappa shape index (κ2) is 67.8. The Kier molecular flexibility index (Phi) is 66.4. The summed E-state index contributed by atoms with van der Waals surface area (Å²) in [6.07, 6.45) is -3.32. The summed E-state index contributed by atoms with van der Waals surface area (Å²) in [6, 6.07) is 57.2. The summed E-state index contributed by atoms with van der Waals surface area (Å²) < 4.78 is 130. The van der Waals surface area contributed by atoms with Crippen molar-refractivity contribution in [1.82, 2.24) is 10.2 Å². The van der Waals surface area contributed by atoms with Gasteiger partial charge in [0.15, 0.2) is 0 Å². The molecule has 662 valence electrons. The summed E-state index contributed by atoms with van der Waals surface area (Å²) in [5, 5.41) is 40.4. The van der Waals surface area contributed by atoms with Crippen LogP contribution in [0.3, 0.4) is 0 Å². The number of amides is 5. The van der Waals surface area contributed by atoms with Crippen molar-refractivity contribution in [2.45, 2.75) is 64.4 Å². The monoisotopic (exact) mass is 2200 g/mol. The predicted octanol–water partition coefficient (Wildman–Crippen LogP) is 15.6. The van der Waals surface area contributed by atoms with Crippen LogP contribution in [0.25, 0.3) is 5.32 Å². The van der Waals surface area contributed by atoms with Crippen LogP contribution < -0.4 is 86.1 Å². The van der Waals surface area contributed by atoms with Gasteiger partial charge in [0.25, 0.3) is 21.9 Å². The molecule has 0 spiro atoms. The van der Waals surface area contributed by atoms with Gasteiger partial charge in [-0.2, -0.15) is 34.8 Å². The first kappa shape index (κ1) is 119. The molecular weight excluding hydrogens is 2110 g/mol. The third-order valence-electron chi connectivity index (χ3n) is 13.5. The Hall–Kier alpha value is -6.59. The first-order chi connectivity index (χ1) is 56.3. The molecule has 2 aliphatic rings. The summed E-state index contributed by atoms with van der Waals surface area (Å²) in [5.41, 5.74) is 16.4. The number of imide groups is 2. The van der Waals surface area contributed by atoms with E-state index in [1.54, 1.807) is 115 Å². The number of alkyl halides is 7. The van der Waals surface area contributed by atoms with Crippen molar-refractivity contribution in [3.63, 3.8) is 0 Å². The number of hydrogen-bond donors (Lipinski definition) is 8. The van der Waals surface area contributed by atoms with E-state index in [9.17, 15) is 68.6 Å². The Morgan fingerprint density at radius 2 is 0.893 bits per heavy atom. The number of nitrogens with one attached hydrogen (secondary N) is 3. The zero-order valence-electron chi connectivity index (χ0n) is 66.0. The number of fused-ring (bicyclic) bond motifs is 2. The first-order valence-electron chi connectivity index (χ1n) is 35.1. The summed E-state index contributed by atoms with van der Waals surface area (Å²) in [7, 11) is -3.38. The maximum Gasteiger partial charge on any atom is 1.00 e. The zero-order chi connectivity index (χ0) is 90.0. The number of halogens is 13. The van der Waals surface area contributed by atoms with Crippen LogP contribution in [0.15, 0.2) is 234 Å². The second-order valence-electron chi connectivity index (χ2n) is 22.8.